The zero-order valence-corrected chi connectivity index (χ0v) is 21.0. The van der Waals surface area contributed by atoms with E-state index in [4.69, 9.17) is 4.74 Å². The van der Waals surface area contributed by atoms with Crippen LogP contribution in [-0.2, 0) is 7.05 Å². The van der Waals surface area contributed by atoms with E-state index in [0.717, 1.165) is 30.5 Å². The van der Waals surface area contributed by atoms with Crippen LogP contribution in [0.1, 0.15) is 19.8 Å². The predicted molar refractivity (Wildman–Crippen MR) is 142 cm³/mol. The molecule has 4 heterocycles. The Morgan fingerprint density at radius 2 is 1.97 bits per heavy atom. The Morgan fingerprint density at radius 3 is 2.76 bits per heavy atom. The van der Waals surface area contributed by atoms with Crippen LogP contribution in [0, 0.1) is 5.82 Å². The van der Waals surface area contributed by atoms with E-state index in [1.54, 1.807) is 35.1 Å². The van der Waals surface area contributed by atoms with Gasteiger partial charge in [-0.1, -0.05) is 0 Å². The summed E-state index contributed by atoms with van der Waals surface area (Å²) in [5, 5.41) is 8.67. The Morgan fingerprint density at radius 1 is 1.08 bits per heavy atom. The quantitative estimate of drug-likeness (QED) is 0.340. The maximum atomic E-state index is 15.4. The number of likely N-dealkylation sites (tertiary alicyclic amines) is 1. The number of hydrogen-bond acceptors (Lipinski definition) is 7. The third-order valence-corrected chi connectivity index (χ3v) is 7.14. The first-order valence-corrected chi connectivity index (χ1v) is 12.4. The van der Waals surface area contributed by atoms with Gasteiger partial charge in [0.05, 0.1) is 28.3 Å². The molecule has 37 heavy (non-hydrogen) atoms. The van der Waals surface area contributed by atoms with Gasteiger partial charge in [0.1, 0.15) is 24.0 Å². The molecule has 1 fully saturated rings. The second kappa shape index (κ2) is 9.40. The lowest BCUT2D eigenvalue weighted by Crippen LogP contribution is -2.38. The van der Waals surface area contributed by atoms with Gasteiger partial charge in [0.25, 0.3) is 0 Å². The van der Waals surface area contributed by atoms with E-state index in [1.807, 2.05) is 31.6 Å². The lowest BCUT2D eigenvalue weighted by Gasteiger charge is -2.27. The molecule has 188 valence electrons. The molecule has 0 spiro atoms. The van der Waals surface area contributed by atoms with Crippen molar-refractivity contribution in [3.8, 4) is 16.9 Å². The molecule has 0 saturated carbocycles. The molecule has 5 aromatic rings. The van der Waals surface area contributed by atoms with E-state index in [1.165, 1.54) is 6.33 Å². The first-order chi connectivity index (χ1) is 18.0. The highest BCUT2D eigenvalue weighted by atomic mass is 19.1. The molecule has 1 aliphatic rings. The smallest absolute Gasteiger partial charge is 0.156 e. The summed E-state index contributed by atoms with van der Waals surface area (Å²) in [6.07, 6.45) is 9.08. The van der Waals surface area contributed by atoms with Crippen LogP contribution in [0.15, 0.2) is 61.3 Å². The number of fused-ring (bicyclic) bond motifs is 2. The number of halogens is 1. The first-order valence-electron chi connectivity index (χ1n) is 12.4. The number of benzene rings is 2. The predicted octanol–water partition coefficient (Wildman–Crippen LogP) is 5.32. The van der Waals surface area contributed by atoms with Gasteiger partial charge in [-0.3, -0.25) is 14.6 Å². The molecule has 0 bridgehead atoms. The minimum atomic E-state index is -0.382. The molecule has 1 N–H and O–H groups in total. The van der Waals surface area contributed by atoms with Crippen molar-refractivity contribution in [2.24, 2.45) is 7.05 Å². The molecule has 8 nitrogen and oxygen atoms in total. The number of anilines is 2. The summed E-state index contributed by atoms with van der Waals surface area (Å²) in [7, 11) is 4.02. The van der Waals surface area contributed by atoms with Gasteiger partial charge in [0, 0.05) is 36.4 Å². The van der Waals surface area contributed by atoms with Crippen molar-refractivity contribution >= 4 is 33.3 Å². The van der Waals surface area contributed by atoms with Gasteiger partial charge in [-0.15, -0.1) is 0 Å². The van der Waals surface area contributed by atoms with Crippen molar-refractivity contribution < 1.29 is 9.13 Å². The third kappa shape index (κ3) is 4.35. The highest BCUT2D eigenvalue weighted by molar-refractivity contribution is 5.99. The van der Waals surface area contributed by atoms with Gasteiger partial charge >= 0.3 is 0 Å². The Hall–Kier alpha value is -4.11. The van der Waals surface area contributed by atoms with Crippen LogP contribution in [-0.4, -0.2) is 55.4 Å². The Balaban J connectivity index is 1.47. The van der Waals surface area contributed by atoms with Gasteiger partial charge < -0.3 is 10.1 Å². The molecule has 0 aliphatic carbocycles. The van der Waals surface area contributed by atoms with Crippen molar-refractivity contribution in [1.29, 1.82) is 0 Å². The van der Waals surface area contributed by atoms with Gasteiger partial charge in [0.15, 0.2) is 5.82 Å². The highest BCUT2D eigenvalue weighted by Gasteiger charge is 2.29. The maximum absolute atomic E-state index is 15.4. The summed E-state index contributed by atoms with van der Waals surface area (Å²) < 4.78 is 23.8. The number of aryl methyl sites for hydroxylation is 1. The number of rotatable bonds is 6. The molecular formula is C28H28FN7O. The lowest BCUT2D eigenvalue weighted by molar-refractivity contribution is 0.123. The van der Waals surface area contributed by atoms with Crippen molar-refractivity contribution in [1.82, 2.24) is 29.6 Å². The summed E-state index contributed by atoms with van der Waals surface area (Å²) in [4.78, 5) is 15.6. The zero-order valence-electron chi connectivity index (χ0n) is 21.0. The van der Waals surface area contributed by atoms with Crippen LogP contribution in [0.2, 0.25) is 0 Å². The second-order valence-electron chi connectivity index (χ2n) is 9.63. The van der Waals surface area contributed by atoms with Crippen LogP contribution in [0.4, 0.5) is 15.9 Å². The van der Waals surface area contributed by atoms with Gasteiger partial charge in [0.2, 0.25) is 0 Å². The normalized spacial score (nSPS) is 16.9. The minimum absolute atomic E-state index is 0.0589. The molecule has 2 aromatic carbocycles. The summed E-state index contributed by atoms with van der Waals surface area (Å²) in [5.41, 5.74) is 3.50. The van der Waals surface area contributed by atoms with E-state index >= 15 is 4.39 Å². The molecule has 1 aliphatic heterocycles. The average Bonchev–Trinajstić information content (AvgIpc) is 3.54. The first kappa shape index (κ1) is 23.3. The van der Waals surface area contributed by atoms with Gasteiger partial charge in [-0.25, -0.2) is 14.4 Å². The number of aromatic nitrogens is 5. The van der Waals surface area contributed by atoms with Crippen molar-refractivity contribution in [3.63, 3.8) is 0 Å². The van der Waals surface area contributed by atoms with Gasteiger partial charge in [-0.2, -0.15) is 5.10 Å². The van der Waals surface area contributed by atoms with E-state index in [-0.39, 0.29) is 11.9 Å². The van der Waals surface area contributed by atoms with Crippen LogP contribution in [0.3, 0.4) is 0 Å². The summed E-state index contributed by atoms with van der Waals surface area (Å²) >= 11 is 0. The fourth-order valence-corrected chi connectivity index (χ4v) is 5.23. The summed E-state index contributed by atoms with van der Waals surface area (Å²) in [6.45, 7) is 3.16. The number of pyridine rings is 1. The topological polar surface area (TPSA) is 81.0 Å². The number of hydrogen-bond donors (Lipinski definition) is 1. The highest BCUT2D eigenvalue weighted by Crippen LogP contribution is 2.38. The van der Waals surface area contributed by atoms with Gasteiger partial charge in [-0.05, 0) is 75.3 Å². The van der Waals surface area contributed by atoms with Crippen LogP contribution >= 0.6 is 0 Å². The van der Waals surface area contributed by atoms with E-state index < -0.39 is 0 Å². The number of likely N-dealkylation sites (N-methyl/N-ethyl adjacent to an activating group) is 1. The van der Waals surface area contributed by atoms with Crippen LogP contribution in [0.5, 0.6) is 5.75 Å². The Labute approximate surface area is 214 Å². The molecule has 0 unspecified atom stereocenters. The fourth-order valence-electron chi connectivity index (χ4n) is 5.23. The average molecular weight is 498 g/mol. The molecule has 0 amide bonds. The fraction of sp³-hybridized carbons (Fsp3) is 0.286. The summed E-state index contributed by atoms with van der Waals surface area (Å²) in [6, 6.07) is 11.2. The summed E-state index contributed by atoms with van der Waals surface area (Å²) in [5.74, 6) is 0.745. The second-order valence-corrected chi connectivity index (χ2v) is 9.63. The van der Waals surface area contributed by atoms with Crippen LogP contribution < -0.4 is 10.1 Å². The lowest BCUT2D eigenvalue weighted by atomic mass is 10.0. The number of nitrogens with one attached hydrogen (secondary N) is 1. The SMILES string of the molecule is C[C@H](Oc1cc(-c2cnn(C)c2)cc2ncnc(Nc3ccc4ncccc4c3F)c12)[C@H]1CCCN1C. The molecular weight excluding hydrogens is 469 g/mol. The van der Waals surface area contributed by atoms with E-state index in [9.17, 15) is 0 Å². The van der Waals surface area contributed by atoms with Crippen molar-refractivity contribution in [3.05, 3.63) is 67.1 Å². The maximum Gasteiger partial charge on any atom is 0.156 e. The Kier molecular flexibility index (Phi) is 5.92. The molecule has 9 heteroatoms. The molecule has 2 atom stereocenters. The Bertz CT molecular complexity index is 1600. The molecule has 6 rings (SSSR count). The van der Waals surface area contributed by atoms with E-state index in [0.29, 0.717) is 45.1 Å². The largest absolute Gasteiger partial charge is 0.488 e. The third-order valence-electron chi connectivity index (χ3n) is 7.14. The van der Waals surface area contributed by atoms with E-state index in [2.05, 4.69) is 44.2 Å². The molecule has 3 aromatic heterocycles. The van der Waals surface area contributed by atoms with Crippen LogP contribution in [0.25, 0.3) is 32.9 Å². The standard InChI is InChI=1S/C28H28FN7O/c1-17(24-7-5-11-35(24)2)37-25-13-18(19-14-33-36(3)15-19)12-23-26(25)28(32-16-31-23)34-22-9-8-21-20(27(22)29)6-4-10-30-21/h4,6,8-10,12-17,24H,5,7,11H2,1-3H3,(H,31,32,34)/t17-,24+/m0/s1. The van der Waals surface area contributed by atoms with Crippen molar-refractivity contribution in [2.75, 3.05) is 18.9 Å². The van der Waals surface area contributed by atoms with Crippen molar-refractivity contribution in [2.45, 2.75) is 31.9 Å². The molecule has 1 saturated heterocycles. The minimum Gasteiger partial charge on any atom is -0.488 e. The molecule has 0 radical (unpaired) electrons. The zero-order chi connectivity index (χ0) is 25.5. The monoisotopic (exact) mass is 497 g/mol. The number of ether oxygens (including phenoxy) is 1. The number of nitrogens with zero attached hydrogens (tertiary/aromatic N) is 6.